The highest BCUT2D eigenvalue weighted by Gasteiger charge is 2.14. The zero-order valence-electron chi connectivity index (χ0n) is 22.4. The summed E-state index contributed by atoms with van der Waals surface area (Å²) in [5, 5.41) is 0.284. The molecule has 0 atom stereocenters. The highest BCUT2D eigenvalue weighted by atomic mass is 19.1. The SMILES string of the molecule is O=C(/C=C/c1ccc(Cn2c(=O)n(CCc3ccccc3)c(=O)c3ccc(F)cc32)cc1)COCc1ccccc1. The highest BCUT2D eigenvalue weighted by Crippen LogP contribution is 2.14. The van der Waals surface area contributed by atoms with E-state index in [2.05, 4.69) is 0 Å². The molecule has 0 amide bonds. The first-order valence-corrected chi connectivity index (χ1v) is 13.4. The number of halogens is 1. The number of fused-ring (bicyclic) bond motifs is 1. The molecule has 0 radical (unpaired) electrons. The van der Waals surface area contributed by atoms with Gasteiger partial charge in [-0.05, 0) is 52.9 Å². The van der Waals surface area contributed by atoms with Gasteiger partial charge < -0.3 is 4.74 Å². The number of carbonyl (C=O) groups is 1. The third-order valence-electron chi connectivity index (χ3n) is 6.79. The van der Waals surface area contributed by atoms with Crippen LogP contribution in [-0.2, 0) is 35.6 Å². The van der Waals surface area contributed by atoms with E-state index in [1.165, 1.54) is 33.4 Å². The Labute approximate surface area is 236 Å². The Morgan fingerprint density at radius 3 is 2.17 bits per heavy atom. The summed E-state index contributed by atoms with van der Waals surface area (Å²) in [6.45, 7) is 0.713. The predicted molar refractivity (Wildman–Crippen MR) is 158 cm³/mol. The van der Waals surface area contributed by atoms with Crippen LogP contribution in [0.5, 0.6) is 0 Å². The summed E-state index contributed by atoms with van der Waals surface area (Å²) in [6.07, 6.45) is 3.70. The number of benzene rings is 4. The number of ether oxygens (including phenoxy) is 1. The zero-order chi connectivity index (χ0) is 28.6. The Balaban J connectivity index is 1.31. The zero-order valence-corrected chi connectivity index (χ0v) is 22.4. The van der Waals surface area contributed by atoms with Crippen LogP contribution in [0.15, 0.2) is 119 Å². The molecule has 5 aromatic rings. The molecule has 0 aliphatic carbocycles. The molecule has 0 unspecified atom stereocenters. The van der Waals surface area contributed by atoms with Gasteiger partial charge in [0.05, 0.1) is 24.1 Å². The number of carbonyl (C=O) groups excluding carboxylic acids is 1. The lowest BCUT2D eigenvalue weighted by atomic mass is 10.1. The van der Waals surface area contributed by atoms with Gasteiger partial charge in [-0.2, -0.15) is 0 Å². The summed E-state index contributed by atoms with van der Waals surface area (Å²) in [5.74, 6) is -0.673. The van der Waals surface area contributed by atoms with Crippen molar-refractivity contribution in [2.75, 3.05) is 6.61 Å². The van der Waals surface area contributed by atoms with Crippen LogP contribution in [0.1, 0.15) is 22.3 Å². The maximum atomic E-state index is 14.2. The van der Waals surface area contributed by atoms with Gasteiger partial charge in [-0.1, -0.05) is 91.0 Å². The second-order valence-corrected chi connectivity index (χ2v) is 9.74. The molecule has 206 valence electrons. The fourth-order valence-electron chi connectivity index (χ4n) is 4.62. The highest BCUT2D eigenvalue weighted by molar-refractivity contribution is 5.94. The minimum absolute atomic E-state index is 0.0178. The quantitative estimate of drug-likeness (QED) is 0.208. The predicted octanol–water partition coefficient (Wildman–Crippen LogP) is 5.39. The van der Waals surface area contributed by atoms with Gasteiger partial charge in [0.15, 0.2) is 5.78 Å². The Kier molecular flexibility index (Phi) is 8.76. The van der Waals surface area contributed by atoms with Gasteiger partial charge in [0.2, 0.25) is 0 Å². The largest absolute Gasteiger partial charge is 0.369 e. The van der Waals surface area contributed by atoms with Crippen molar-refractivity contribution >= 4 is 22.8 Å². The van der Waals surface area contributed by atoms with Crippen LogP contribution >= 0.6 is 0 Å². The van der Waals surface area contributed by atoms with Gasteiger partial charge in [0, 0.05) is 6.54 Å². The third kappa shape index (κ3) is 7.01. The van der Waals surface area contributed by atoms with Gasteiger partial charge in [0.1, 0.15) is 12.4 Å². The number of hydrogen-bond acceptors (Lipinski definition) is 4. The first kappa shape index (κ1) is 27.7. The average molecular weight is 549 g/mol. The maximum absolute atomic E-state index is 14.2. The molecular formula is C34H29FN2O4. The summed E-state index contributed by atoms with van der Waals surface area (Å²) < 4.78 is 22.3. The molecule has 6 nitrogen and oxygen atoms in total. The van der Waals surface area contributed by atoms with Crippen molar-refractivity contribution in [2.45, 2.75) is 26.1 Å². The Hall–Kier alpha value is -4.88. The second kappa shape index (κ2) is 13.0. The van der Waals surface area contributed by atoms with Crippen LogP contribution in [0, 0.1) is 5.82 Å². The molecule has 0 aliphatic heterocycles. The summed E-state index contributed by atoms with van der Waals surface area (Å²) in [4.78, 5) is 38.9. The monoisotopic (exact) mass is 548 g/mol. The smallest absolute Gasteiger partial charge is 0.331 e. The second-order valence-electron chi connectivity index (χ2n) is 9.74. The molecular weight excluding hydrogens is 519 g/mol. The lowest BCUT2D eigenvalue weighted by Gasteiger charge is -2.15. The number of nitrogens with zero attached hydrogens (tertiary/aromatic N) is 2. The topological polar surface area (TPSA) is 70.3 Å². The van der Waals surface area contributed by atoms with Gasteiger partial charge in [-0.15, -0.1) is 0 Å². The molecule has 0 spiro atoms. The van der Waals surface area contributed by atoms with E-state index in [4.69, 9.17) is 4.74 Å². The summed E-state index contributed by atoms with van der Waals surface area (Å²) in [6, 6.07) is 30.5. The molecule has 0 fully saturated rings. The van der Waals surface area contributed by atoms with Crippen molar-refractivity contribution in [1.82, 2.24) is 9.13 Å². The standard InChI is InChI=1S/C34H29FN2O4/c35-29-16-18-31-32(21-29)37(34(40)36(33(31)39)20-19-25-7-3-1-4-8-25)22-27-13-11-26(12-14-27)15-17-30(38)24-41-23-28-9-5-2-6-10-28/h1-18,21H,19-20,22-24H2/b17-15+. The minimum Gasteiger partial charge on any atom is -0.369 e. The van der Waals surface area contributed by atoms with E-state index in [-0.39, 0.29) is 36.4 Å². The molecule has 1 heterocycles. The van der Waals surface area contributed by atoms with Crippen LogP contribution in [0.3, 0.4) is 0 Å². The fraction of sp³-hybridized carbons (Fsp3) is 0.147. The number of hydrogen-bond donors (Lipinski definition) is 0. The van der Waals surface area contributed by atoms with E-state index in [1.54, 1.807) is 6.08 Å². The van der Waals surface area contributed by atoms with E-state index in [0.717, 1.165) is 22.3 Å². The van der Waals surface area contributed by atoms with E-state index < -0.39 is 17.1 Å². The maximum Gasteiger partial charge on any atom is 0.331 e. The summed E-state index contributed by atoms with van der Waals surface area (Å²) >= 11 is 0. The van der Waals surface area contributed by atoms with Crippen molar-refractivity contribution in [3.05, 3.63) is 158 Å². The summed E-state index contributed by atoms with van der Waals surface area (Å²) in [5.41, 5.74) is 2.93. The van der Waals surface area contributed by atoms with Gasteiger partial charge in [0.25, 0.3) is 5.56 Å². The number of ketones is 1. The molecule has 7 heteroatoms. The Bertz CT molecular complexity index is 1790. The lowest BCUT2D eigenvalue weighted by molar-refractivity contribution is -0.119. The molecule has 4 aromatic carbocycles. The van der Waals surface area contributed by atoms with Gasteiger partial charge in [-0.3, -0.25) is 18.7 Å². The molecule has 41 heavy (non-hydrogen) atoms. The van der Waals surface area contributed by atoms with Gasteiger partial charge >= 0.3 is 5.69 Å². The van der Waals surface area contributed by atoms with Crippen molar-refractivity contribution < 1.29 is 13.9 Å². The normalized spacial score (nSPS) is 11.3. The first-order chi connectivity index (χ1) is 20.0. The molecule has 0 N–H and O–H groups in total. The van der Waals surface area contributed by atoms with Crippen molar-refractivity contribution in [3.63, 3.8) is 0 Å². The van der Waals surface area contributed by atoms with E-state index in [1.807, 2.05) is 84.9 Å². The Morgan fingerprint density at radius 2 is 1.46 bits per heavy atom. The molecule has 5 rings (SSSR count). The van der Waals surface area contributed by atoms with Crippen LogP contribution in [0.4, 0.5) is 4.39 Å². The van der Waals surface area contributed by atoms with Crippen molar-refractivity contribution in [1.29, 1.82) is 0 Å². The molecule has 0 aliphatic rings. The van der Waals surface area contributed by atoms with Crippen LogP contribution in [0.2, 0.25) is 0 Å². The van der Waals surface area contributed by atoms with Crippen LogP contribution in [0.25, 0.3) is 17.0 Å². The molecule has 0 saturated carbocycles. The van der Waals surface area contributed by atoms with Gasteiger partial charge in [-0.25, -0.2) is 9.18 Å². The minimum atomic E-state index is -0.523. The molecule has 1 aromatic heterocycles. The van der Waals surface area contributed by atoms with Crippen LogP contribution < -0.4 is 11.2 Å². The number of rotatable bonds is 11. The lowest BCUT2D eigenvalue weighted by Crippen LogP contribution is -2.40. The molecule has 0 bridgehead atoms. The fourth-order valence-corrected chi connectivity index (χ4v) is 4.62. The van der Waals surface area contributed by atoms with E-state index in [9.17, 15) is 18.8 Å². The summed E-state index contributed by atoms with van der Waals surface area (Å²) in [7, 11) is 0. The first-order valence-electron chi connectivity index (χ1n) is 13.4. The van der Waals surface area contributed by atoms with E-state index in [0.29, 0.717) is 13.0 Å². The molecule has 0 saturated heterocycles. The van der Waals surface area contributed by atoms with Crippen LogP contribution in [-0.4, -0.2) is 21.5 Å². The number of aromatic nitrogens is 2. The Morgan fingerprint density at radius 1 is 0.780 bits per heavy atom. The van der Waals surface area contributed by atoms with Crippen molar-refractivity contribution in [3.8, 4) is 0 Å². The van der Waals surface area contributed by atoms with E-state index >= 15 is 0 Å². The average Bonchev–Trinajstić information content (AvgIpc) is 3.00. The third-order valence-corrected chi connectivity index (χ3v) is 6.79. The number of aryl methyl sites for hydroxylation is 1. The van der Waals surface area contributed by atoms with Crippen molar-refractivity contribution in [2.24, 2.45) is 0 Å².